The summed E-state index contributed by atoms with van der Waals surface area (Å²) in [5.74, 6) is 0. The highest BCUT2D eigenvalue weighted by Gasteiger charge is 2.29. The van der Waals surface area contributed by atoms with Crippen molar-refractivity contribution in [3.63, 3.8) is 0 Å². The van der Waals surface area contributed by atoms with Crippen molar-refractivity contribution >= 4 is 32.0 Å². The molecule has 0 aliphatic heterocycles. The first-order valence-electron chi connectivity index (χ1n) is 6.88. The van der Waals surface area contributed by atoms with Crippen LogP contribution in [0.1, 0.15) is 39.5 Å². The molecule has 0 aliphatic carbocycles. The molecule has 7 nitrogen and oxygen atoms in total. The molecule has 0 spiro atoms. The van der Waals surface area contributed by atoms with Crippen LogP contribution in [0.15, 0.2) is 10.3 Å². The van der Waals surface area contributed by atoms with E-state index in [4.69, 9.17) is 5.73 Å². The molecule has 0 bridgehead atoms. The normalized spacial score (nSPS) is 12.0. The summed E-state index contributed by atoms with van der Waals surface area (Å²) >= 11 is 0.751. The number of nitrogens with two attached hydrogens (primary N) is 1. The Labute approximate surface area is 129 Å². The summed E-state index contributed by atoms with van der Waals surface area (Å²) in [6, 6.07) is 1.06. The number of nitrogens with zero attached hydrogens (tertiary/aromatic N) is 2. The van der Waals surface area contributed by atoms with E-state index >= 15 is 0 Å². The number of nitro groups is 1. The number of nitrogen functional groups attached to an aromatic ring is 1. The Kier molecular flexibility index (Phi) is 6.56. The summed E-state index contributed by atoms with van der Waals surface area (Å²) in [6.45, 7) is 4.81. The third-order valence-corrected chi connectivity index (χ3v) is 6.33. The zero-order chi connectivity index (χ0) is 16.0. The lowest BCUT2D eigenvalue weighted by atomic mass is 10.3. The molecule has 21 heavy (non-hydrogen) atoms. The molecule has 2 N–H and O–H groups in total. The maximum Gasteiger partial charge on any atom is 0.304 e. The van der Waals surface area contributed by atoms with Gasteiger partial charge < -0.3 is 5.73 Å². The molecule has 9 heteroatoms. The Morgan fingerprint density at radius 2 is 1.81 bits per heavy atom. The highest BCUT2D eigenvalue weighted by molar-refractivity contribution is 7.91. The van der Waals surface area contributed by atoms with E-state index < -0.39 is 14.9 Å². The second-order valence-electron chi connectivity index (χ2n) is 4.68. The van der Waals surface area contributed by atoms with E-state index in [-0.39, 0.29) is 14.9 Å². The van der Waals surface area contributed by atoms with Crippen LogP contribution < -0.4 is 5.73 Å². The Morgan fingerprint density at radius 3 is 2.19 bits per heavy atom. The lowest BCUT2D eigenvalue weighted by molar-refractivity contribution is -0.383. The molecule has 0 fully saturated rings. The second kappa shape index (κ2) is 7.71. The highest BCUT2D eigenvalue weighted by atomic mass is 32.2. The van der Waals surface area contributed by atoms with Gasteiger partial charge >= 0.3 is 5.69 Å². The van der Waals surface area contributed by atoms with Crippen molar-refractivity contribution in [2.45, 2.75) is 43.7 Å². The number of sulfonamides is 1. The lowest BCUT2D eigenvalue weighted by Gasteiger charge is -2.20. The lowest BCUT2D eigenvalue weighted by Crippen LogP contribution is -2.32. The average molecular weight is 335 g/mol. The minimum atomic E-state index is -3.71. The molecule has 0 unspecified atom stereocenters. The second-order valence-corrected chi connectivity index (χ2v) is 7.93. The van der Waals surface area contributed by atoms with Crippen molar-refractivity contribution in [1.82, 2.24) is 4.31 Å². The monoisotopic (exact) mass is 335 g/mol. The summed E-state index contributed by atoms with van der Waals surface area (Å²) in [5, 5.41) is 10.7. The topological polar surface area (TPSA) is 107 Å². The van der Waals surface area contributed by atoms with E-state index in [1.54, 1.807) is 0 Å². The standard InChI is InChI=1S/C12H21N3O4S2/c1-3-5-7-14(8-6-4-2)21(18,19)11-9-10(15(16)17)12(13)20-11/h9H,3-8,13H2,1-2H3. The molecule has 0 saturated carbocycles. The number of hydrogen-bond donors (Lipinski definition) is 1. The fourth-order valence-corrected chi connectivity index (χ4v) is 4.68. The third kappa shape index (κ3) is 4.39. The van der Waals surface area contributed by atoms with Crippen LogP contribution in [0.3, 0.4) is 0 Å². The number of thiophene rings is 1. The van der Waals surface area contributed by atoms with Crippen LogP contribution in [-0.4, -0.2) is 30.7 Å². The SMILES string of the molecule is CCCCN(CCCC)S(=O)(=O)c1cc([N+](=O)[O-])c(N)s1. The highest BCUT2D eigenvalue weighted by Crippen LogP contribution is 2.35. The van der Waals surface area contributed by atoms with Gasteiger partial charge in [-0.05, 0) is 12.8 Å². The number of rotatable bonds is 9. The van der Waals surface area contributed by atoms with Crippen LogP contribution in [0, 0.1) is 10.1 Å². The van der Waals surface area contributed by atoms with Gasteiger partial charge in [0.25, 0.3) is 10.0 Å². The van der Waals surface area contributed by atoms with Crippen LogP contribution in [0.2, 0.25) is 0 Å². The van der Waals surface area contributed by atoms with Crippen molar-refractivity contribution in [1.29, 1.82) is 0 Å². The quantitative estimate of drug-likeness (QED) is 0.551. The first-order valence-corrected chi connectivity index (χ1v) is 9.14. The van der Waals surface area contributed by atoms with Crippen molar-refractivity contribution in [2.24, 2.45) is 0 Å². The van der Waals surface area contributed by atoms with Crippen molar-refractivity contribution in [2.75, 3.05) is 18.8 Å². The van der Waals surface area contributed by atoms with Crippen LogP contribution in [0.5, 0.6) is 0 Å². The van der Waals surface area contributed by atoms with Gasteiger partial charge in [0, 0.05) is 19.2 Å². The molecule has 1 rings (SSSR count). The first kappa shape index (κ1) is 17.9. The predicted molar refractivity (Wildman–Crippen MR) is 84.0 cm³/mol. The van der Waals surface area contributed by atoms with Crippen LogP contribution in [0.4, 0.5) is 10.7 Å². The maximum atomic E-state index is 12.6. The van der Waals surface area contributed by atoms with Gasteiger partial charge in [-0.15, -0.1) is 0 Å². The number of hydrogen-bond acceptors (Lipinski definition) is 6. The maximum absolute atomic E-state index is 12.6. The Hall–Kier alpha value is -1.19. The molecule has 0 atom stereocenters. The van der Waals surface area contributed by atoms with Gasteiger partial charge in [-0.25, -0.2) is 8.42 Å². The van der Waals surface area contributed by atoms with Gasteiger partial charge in [0.2, 0.25) is 0 Å². The van der Waals surface area contributed by atoms with Crippen molar-refractivity contribution in [3.8, 4) is 0 Å². The fraction of sp³-hybridized carbons (Fsp3) is 0.667. The van der Waals surface area contributed by atoms with Crippen LogP contribution >= 0.6 is 11.3 Å². The Bertz CT molecular complexity index is 575. The van der Waals surface area contributed by atoms with E-state index in [9.17, 15) is 18.5 Å². The number of anilines is 1. The van der Waals surface area contributed by atoms with E-state index in [1.165, 1.54) is 4.31 Å². The van der Waals surface area contributed by atoms with Gasteiger partial charge in [0.15, 0.2) is 5.00 Å². The zero-order valence-electron chi connectivity index (χ0n) is 12.2. The first-order chi connectivity index (χ1) is 9.84. The summed E-state index contributed by atoms with van der Waals surface area (Å²) in [7, 11) is -3.71. The van der Waals surface area contributed by atoms with Crippen molar-refractivity contribution in [3.05, 3.63) is 16.2 Å². The predicted octanol–water partition coefficient (Wildman–Crippen LogP) is 2.83. The summed E-state index contributed by atoms with van der Waals surface area (Å²) in [6.07, 6.45) is 3.27. The van der Waals surface area contributed by atoms with E-state index in [1.807, 2.05) is 13.8 Å². The van der Waals surface area contributed by atoms with Gasteiger partial charge in [-0.3, -0.25) is 10.1 Å². The fourth-order valence-electron chi connectivity index (χ4n) is 1.79. The minimum Gasteiger partial charge on any atom is -0.385 e. The Morgan fingerprint density at radius 1 is 1.29 bits per heavy atom. The molecule has 1 aromatic heterocycles. The van der Waals surface area contributed by atoms with Gasteiger partial charge in [0.1, 0.15) is 4.21 Å². The smallest absolute Gasteiger partial charge is 0.304 e. The summed E-state index contributed by atoms with van der Waals surface area (Å²) < 4.78 is 26.5. The van der Waals surface area contributed by atoms with Gasteiger partial charge in [-0.2, -0.15) is 4.31 Å². The van der Waals surface area contributed by atoms with E-state index in [0.717, 1.165) is 43.1 Å². The zero-order valence-corrected chi connectivity index (χ0v) is 13.9. The molecule has 1 heterocycles. The average Bonchev–Trinajstić information content (AvgIpc) is 2.81. The molecule has 120 valence electrons. The van der Waals surface area contributed by atoms with Gasteiger partial charge in [0.05, 0.1) is 4.92 Å². The van der Waals surface area contributed by atoms with E-state index in [0.29, 0.717) is 13.1 Å². The molecule has 0 aliphatic rings. The molecule has 0 aromatic carbocycles. The minimum absolute atomic E-state index is 0.0566. The molecule has 0 radical (unpaired) electrons. The number of unbranched alkanes of at least 4 members (excludes halogenated alkanes) is 2. The third-order valence-electron chi connectivity index (χ3n) is 3.03. The largest absolute Gasteiger partial charge is 0.385 e. The molecular weight excluding hydrogens is 314 g/mol. The summed E-state index contributed by atoms with van der Waals surface area (Å²) in [4.78, 5) is 10.1. The van der Waals surface area contributed by atoms with Crippen molar-refractivity contribution < 1.29 is 13.3 Å². The van der Waals surface area contributed by atoms with E-state index in [2.05, 4.69) is 0 Å². The molecular formula is C12H21N3O4S2. The summed E-state index contributed by atoms with van der Waals surface area (Å²) in [5.41, 5.74) is 5.19. The Balaban J connectivity index is 3.09. The molecule has 1 aromatic rings. The van der Waals surface area contributed by atoms with Crippen LogP contribution in [-0.2, 0) is 10.0 Å². The molecule has 0 saturated heterocycles. The van der Waals surface area contributed by atoms with Crippen LogP contribution in [0.25, 0.3) is 0 Å². The van der Waals surface area contributed by atoms with Gasteiger partial charge in [-0.1, -0.05) is 38.0 Å². The molecule has 0 amide bonds.